The first-order chi connectivity index (χ1) is 4.77. The molecule has 0 aliphatic carbocycles. The van der Waals surface area contributed by atoms with Crippen molar-refractivity contribution < 1.29 is 23.1 Å². The lowest BCUT2D eigenvalue weighted by molar-refractivity contribution is 0.0116. The maximum atomic E-state index is 12.4. The molecule has 0 unspecified atom stereocenters. The number of rotatable bonds is 4. The maximum absolute atomic E-state index is 12.4. The molecule has 0 spiro atoms. The van der Waals surface area contributed by atoms with Crippen LogP contribution in [0.1, 0.15) is 19.8 Å². The van der Waals surface area contributed by atoms with E-state index in [0.717, 1.165) is 0 Å². The van der Waals surface area contributed by atoms with Gasteiger partial charge in [-0.3, -0.25) is 4.57 Å². The van der Waals surface area contributed by atoms with Crippen molar-refractivity contribution >= 4 is 7.60 Å². The van der Waals surface area contributed by atoms with E-state index in [9.17, 15) is 13.3 Å². The summed E-state index contributed by atoms with van der Waals surface area (Å²) in [6, 6.07) is 0. The molecule has 0 aliphatic rings. The molecule has 6 heteroatoms. The fraction of sp³-hybridized carbons (Fsp3) is 1.00. The lowest BCUT2D eigenvalue weighted by atomic mass is 10.2. The summed E-state index contributed by atoms with van der Waals surface area (Å²) < 4.78 is 35.0. The highest BCUT2D eigenvalue weighted by Crippen LogP contribution is 2.41. The number of halogens is 2. The molecule has 0 fully saturated rings. The van der Waals surface area contributed by atoms with Crippen molar-refractivity contribution in [1.29, 1.82) is 0 Å². The second-order valence-corrected chi connectivity index (χ2v) is 4.07. The Kier molecular flexibility index (Phi) is 3.61. The summed E-state index contributed by atoms with van der Waals surface area (Å²) in [6.45, 7) is 1.54. The first-order valence-corrected chi connectivity index (χ1v) is 4.99. The third-order valence-electron chi connectivity index (χ3n) is 1.05. The third kappa shape index (κ3) is 6.41. The van der Waals surface area contributed by atoms with Crippen molar-refractivity contribution in [3.8, 4) is 0 Å². The molecule has 0 aromatic rings. The van der Waals surface area contributed by atoms with Crippen LogP contribution in [0.2, 0.25) is 0 Å². The van der Waals surface area contributed by atoms with E-state index in [1.165, 1.54) is 6.92 Å². The van der Waals surface area contributed by atoms with Crippen molar-refractivity contribution in [3.05, 3.63) is 0 Å². The van der Waals surface area contributed by atoms with E-state index >= 15 is 0 Å². The molecule has 0 bridgehead atoms. The highest BCUT2D eigenvalue weighted by atomic mass is 31.2. The molecule has 0 aliphatic heterocycles. The minimum absolute atomic E-state index is 0.215. The van der Waals surface area contributed by atoms with Gasteiger partial charge in [0.2, 0.25) is 0 Å². The van der Waals surface area contributed by atoms with Crippen molar-refractivity contribution in [3.63, 3.8) is 0 Å². The average molecular weight is 188 g/mol. The van der Waals surface area contributed by atoms with Gasteiger partial charge in [0.15, 0.2) is 0 Å². The van der Waals surface area contributed by atoms with Gasteiger partial charge < -0.3 is 9.79 Å². The van der Waals surface area contributed by atoms with Crippen LogP contribution >= 0.6 is 7.60 Å². The molecule has 0 amide bonds. The Balaban J connectivity index is 4.02. The molecular weight excluding hydrogens is 177 g/mol. The van der Waals surface area contributed by atoms with E-state index in [1.54, 1.807) is 0 Å². The topological polar surface area (TPSA) is 57.5 Å². The van der Waals surface area contributed by atoms with Crippen LogP contribution in [-0.2, 0) is 4.57 Å². The van der Waals surface area contributed by atoms with Gasteiger partial charge in [-0.15, -0.1) is 0 Å². The molecular formula is C5H11F2O3P. The van der Waals surface area contributed by atoms with E-state index < -0.39 is 26.1 Å². The van der Waals surface area contributed by atoms with Gasteiger partial charge >= 0.3 is 7.60 Å². The Morgan fingerprint density at radius 2 is 1.91 bits per heavy atom. The minimum Gasteiger partial charge on any atom is -0.324 e. The van der Waals surface area contributed by atoms with E-state index in [0.29, 0.717) is 0 Å². The Labute approximate surface area is 63.6 Å². The van der Waals surface area contributed by atoms with Gasteiger partial charge in [0, 0.05) is 6.42 Å². The average Bonchev–Trinajstić information content (AvgIpc) is 1.55. The molecule has 11 heavy (non-hydrogen) atoms. The summed E-state index contributed by atoms with van der Waals surface area (Å²) in [5.74, 6) is -3.23. The Bertz CT molecular complexity index is 165. The van der Waals surface area contributed by atoms with Crippen molar-refractivity contribution in [2.75, 3.05) is 6.16 Å². The summed E-state index contributed by atoms with van der Waals surface area (Å²) in [5.41, 5.74) is 0. The second kappa shape index (κ2) is 3.61. The SMILES string of the molecule is CCCC(F)(F)CP(=O)(O)O. The van der Waals surface area contributed by atoms with Crippen LogP contribution in [0.25, 0.3) is 0 Å². The fourth-order valence-corrected chi connectivity index (χ4v) is 1.51. The Morgan fingerprint density at radius 1 is 1.45 bits per heavy atom. The van der Waals surface area contributed by atoms with Crippen LogP contribution < -0.4 is 0 Å². The van der Waals surface area contributed by atoms with Crippen LogP contribution in [-0.4, -0.2) is 21.9 Å². The zero-order valence-electron chi connectivity index (χ0n) is 6.13. The third-order valence-corrected chi connectivity index (χ3v) is 1.93. The maximum Gasteiger partial charge on any atom is 0.331 e. The number of hydrogen-bond acceptors (Lipinski definition) is 1. The molecule has 2 N–H and O–H groups in total. The molecule has 0 radical (unpaired) electrons. The lowest BCUT2D eigenvalue weighted by Gasteiger charge is -2.15. The zero-order valence-corrected chi connectivity index (χ0v) is 7.02. The van der Waals surface area contributed by atoms with Crippen molar-refractivity contribution in [2.45, 2.75) is 25.7 Å². The van der Waals surface area contributed by atoms with Crippen LogP contribution in [0.4, 0.5) is 8.78 Å². The molecule has 0 saturated heterocycles. The summed E-state index contributed by atoms with van der Waals surface area (Å²) in [4.78, 5) is 16.4. The summed E-state index contributed by atoms with van der Waals surface area (Å²) >= 11 is 0. The number of hydrogen-bond donors (Lipinski definition) is 2. The molecule has 0 heterocycles. The zero-order chi connectivity index (χ0) is 9.12. The summed E-state index contributed by atoms with van der Waals surface area (Å²) in [5, 5.41) is 0. The van der Waals surface area contributed by atoms with E-state index in [2.05, 4.69) is 0 Å². The Hall–Kier alpha value is 0.01000. The Morgan fingerprint density at radius 3 is 2.18 bits per heavy atom. The smallest absolute Gasteiger partial charge is 0.324 e. The summed E-state index contributed by atoms with van der Waals surface area (Å²) in [7, 11) is -4.57. The fourth-order valence-electron chi connectivity index (χ4n) is 0.746. The minimum atomic E-state index is -4.57. The molecule has 0 rings (SSSR count). The van der Waals surface area contributed by atoms with E-state index in [1.807, 2.05) is 0 Å². The normalized spacial score (nSPS) is 13.5. The van der Waals surface area contributed by atoms with Gasteiger partial charge in [0.05, 0.1) is 0 Å². The standard InChI is InChI=1S/C5H11F2O3P/c1-2-3-5(6,7)4-11(8,9)10/h2-4H2,1H3,(H2,8,9,10). The van der Waals surface area contributed by atoms with Gasteiger partial charge in [-0.1, -0.05) is 13.3 Å². The molecule has 3 nitrogen and oxygen atoms in total. The van der Waals surface area contributed by atoms with E-state index in [4.69, 9.17) is 9.79 Å². The van der Waals surface area contributed by atoms with Crippen LogP contribution in [0.3, 0.4) is 0 Å². The number of alkyl halides is 2. The van der Waals surface area contributed by atoms with E-state index in [-0.39, 0.29) is 6.42 Å². The van der Waals surface area contributed by atoms with Crippen LogP contribution in [0, 0.1) is 0 Å². The van der Waals surface area contributed by atoms with Crippen molar-refractivity contribution in [2.24, 2.45) is 0 Å². The first-order valence-electron chi connectivity index (χ1n) is 3.19. The molecule has 0 aromatic carbocycles. The van der Waals surface area contributed by atoms with Gasteiger partial charge in [-0.25, -0.2) is 8.78 Å². The predicted octanol–water partition coefficient (Wildman–Crippen LogP) is 1.60. The molecule has 0 atom stereocenters. The lowest BCUT2D eigenvalue weighted by Crippen LogP contribution is -2.20. The van der Waals surface area contributed by atoms with Gasteiger partial charge in [0.1, 0.15) is 6.16 Å². The first kappa shape index (κ1) is 11.0. The molecule has 0 saturated carbocycles. The highest BCUT2D eigenvalue weighted by molar-refractivity contribution is 7.51. The molecule has 0 aromatic heterocycles. The second-order valence-electron chi connectivity index (χ2n) is 2.43. The van der Waals surface area contributed by atoms with Gasteiger partial charge in [-0.2, -0.15) is 0 Å². The summed E-state index contributed by atoms with van der Waals surface area (Å²) in [6.07, 6.45) is -1.60. The molecule has 68 valence electrons. The monoisotopic (exact) mass is 188 g/mol. The van der Waals surface area contributed by atoms with Crippen LogP contribution in [0.5, 0.6) is 0 Å². The van der Waals surface area contributed by atoms with Crippen LogP contribution in [0.15, 0.2) is 0 Å². The quantitative estimate of drug-likeness (QED) is 0.658. The largest absolute Gasteiger partial charge is 0.331 e. The van der Waals surface area contributed by atoms with Gasteiger partial charge in [-0.05, 0) is 0 Å². The van der Waals surface area contributed by atoms with Crippen molar-refractivity contribution in [1.82, 2.24) is 0 Å². The highest BCUT2D eigenvalue weighted by Gasteiger charge is 2.35. The van der Waals surface area contributed by atoms with Gasteiger partial charge in [0.25, 0.3) is 5.92 Å². The predicted molar refractivity (Wildman–Crippen MR) is 36.8 cm³/mol.